The zero-order chi connectivity index (χ0) is 22.0. The summed E-state index contributed by atoms with van der Waals surface area (Å²) in [6.07, 6.45) is 0.158. The number of benzene rings is 3. The van der Waals surface area contributed by atoms with Gasteiger partial charge in [-0.15, -0.1) is 0 Å². The molecule has 0 bridgehead atoms. The number of carboxylic acids is 1. The van der Waals surface area contributed by atoms with E-state index in [1.54, 1.807) is 12.1 Å². The molecule has 0 spiro atoms. The summed E-state index contributed by atoms with van der Waals surface area (Å²) in [4.78, 5) is 25.2. The van der Waals surface area contributed by atoms with Crippen molar-refractivity contribution in [2.24, 2.45) is 0 Å². The molecule has 5 nitrogen and oxygen atoms in total. The second-order valence-corrected chi connectivity index (χ2v) is 8.28. The van der Waals surface area contributed by atoms with Gasteiger partial charge in [-0.1, -0.05) is 83.9 Å². The van der Waals surface area contributed by atoms with E-state index in [2.05, 4.69) is 10.6 Å². The molecule has 1 aliphatic heterocycles. The van der Waals surface area contributed by atoms with Crippen LogP contribution in [0.5, 0.6) is 0 Å². The summed E-state index contributed by atoms with van der Waals surface area (Å²) in [7, 11) is 0. The lowest BCUT2D eigenvalue weighted by Gasteiger charge is -2.33. The van der Waals surface area contributed by atoms with Gasteiger partial charge >= 0.3 is 5.97 Å². The van der Waals surface area contributed by atoms with E-state index in [1.807, 2.05) is 60.7 Å². The number of halogens is 2. The maximum absolute atomic E-state index is 13.5. The van der Waals surface area contributed by atoms with Gasteiger partial charge in [0.05, 0.1) is 12.0 Å². The fraction of sp³-hybridized carbons (Fsp3) is 0.167. The Balaban J connectivity index is 1.71. The van der Waals surface area contributed by atoms with Gasteiger partial charge < -0.3 is 15.7 Å². The van der Waals surface area contributed by atoms with Crippen molar-refractivity contribution in [2.45, 2.75) is 24.4 Å². The summed E-state index contributed by atoms with van der Waals surface area (Å²) in [6.45, 7) is 0. The maximum Gasteiger partial charge on any atom is 0.326 e. The molecule has 158 valence electrons. The zero-order valence-electron chi connectivity index (χ0n) is 16.4. The highest BCUT2D eigenvalue weighted by molar-refractivity contribution is 6.35. The number of hydrogen-bond acceptors (Lipinski definition) is 3. The van der Waals surface area contributed by atoms with Gasteiger partial charge in [0.25, 0.3) is 0 Å². The lowest BCUT2D eigenvalue weighted by Crippen LogP contribution is -2.42. The average molecular weight is 455 g/mol. The molecule has 0 saturated heterocycles. The van der Waals surface area contributed by atoms with E-state index in [1.165, 1.54) is 0 Å². The SMILES string of the molecule is O=C(O)C1CC(NC(=O)C(c2ccccc2)c2ccccc2)c2c(Cl)cc(Cl)cc2N1. The first kappa shape index (κ1) is 21.2. The standard InChI is InChI=1S/C24H20Cl2N2O3/c25-16-11-17(26)22-18(12-16)27-20(24(30)31)13-19(22)28-23(29)21(14-7-3-1-4-8-14)15-9-5-2-6-10-15/h1-12,19-21,27H,13H2,(H,28,29)(H,30,31). The summed E-state index contributed by atoms with van der Waals surface area (Å²) < 4.78 is 0. The van der Waals surface area contributed by atoms with E-state index in [0.717, 1.165) is 11.1 Å². The Morgan fingerprint density at radius 2 is 1.55 bits per heavy atom. The van der Waals surface area contributed by atoms with Crippen molar-refractivity contribution in [3.8, 4) is 0 Å². The number of carbonyl (C=O) groups is 2. The largest absolute Gasteiger partial charge is 0.480 e. The number of nitrogens with one attached hydrogen (secondary N) is 2. The van der Waals surface area contributed by atoms with Crippen LogP contribution in [0.15, 0.2) is 72.8 Å². The lowest BCUT2D eigenvalue weighted by atomic mass is 9.88. The third kappa shape index (κ3) is 4.53. The first-order valence-corrected chi connectivity index (χ1v) is 10.6. The van der Waals surface area contributed by atoms with Gasteiger partial charge in [-0.3, -0.25) is 4.79 Å². The predicted octanol–water partition coefficient (Wildman–Crippen LogP) is 5.25. The van der Waals surface area contributed by atoms with Crippen LogP contribution in [0.1, 0.15) is 35.1 Å². The fourth-order valence-electron chi connectivity index (χ4n) is 3.99. The third-order valence-corrected chi connectivity index (χ3v) is 5.92. The Labute approximate surface area is 190 Å². The van der Waals surface area contributed by atoms with Crippen LogP contribution in [-0.2, 0) is 9.59 Å². The second kappa shape index (κ2) is 9.00. The van der Waals surface area contributed by atoms with Gasteiger partial charge in [-0.25, -0.2) is 4.79 Å². The summed E-state index contributed by atoms with van der Waals surface area (Å²) in [5.74, 6) is -1.79. The highest BCUT2D eigenvalue weighted by atomic mass is 35.5. The van der Waals surface area contributed by atoms with Gasteiger partial charge in [0.15, 0.2) is 0 Å². The summed E-state index contributed by atoms with van der Waals surface area (Å²) in [6, 6.07) is 20.7. The molecule has 7 heteroatoms. The normalized spacial score (nSPS) is 17.5. The fourth-order valence-corrected chi connectivity index (χ4v) is 4.62. The summed E-state index contributed by atoms with van der Waals surface area (Å²) >= 11 is 12.6. The first-order valence-electron chi connectivity index (χ1n) is 9.82. The molecule has 0 aliphatic carbocycles. The van der Waals surface area contributed by atoms with E-state index < -0.39 is 24.0 Å². The van der Waals surface area contributed by atoms with Crippen LogP contribution in [0.4, 0.5) is 5.69 Å². The maximum atomic E-state index is 13.5. The van der Waals surface area contributed by atoms with Gasteiger partial charge in [-0.05, 0) is 23.3 Å². The van der Waals surface area contributed by atoms with Crippen molar-refractivity contribution in [3.63, 3.8) is 0 Å². The number of rotatable bonds is 5. The highest BCUT2D eigenvalue weighted by Crippen LogP contribution is 2.40. The summed E-state index contributed by atoms with van der Waals surface area (Å²) in [5.41, 5.74) is 2.84. The quantitative estimate of drug-likeness (QED) is 0.491. The number of fused-ring (bicyclic) bond motifs is 1. The zero-order valence-corrected chi connectivity index (χ0v) is 17.9. The van der Waals surface area contributed by atoms with Crippen molar-refractivity contribution in [2.75, 3.05) is 5.32 Å². The molecule has 1 aliphatic rings. The summed E-state index contributed by atoms with van der Waals surface area (Å²) in [5, 5.41) is 16.3. The second-order valence-electron chi connectivity index (χ2n) is 7.44. The van der Waals surface area contributed by atoms with E-state index in [4.69, 9.17) is 23.2 Å². The topological polar surface area (TPSA) is 78.4 Å². The molecule has 1 heterocycles. The van der Waals surface area contributed by atoms with Crippen LogP contribution in [-0.4, -0.2) is 23.0 Å². The van der Waals surface area contributed by atoms with E-state index in [9.17, 15) is 14.7 Å². The van der Waals surface area contributed by atoms with E-state index in [0.29, 0.717) is 21.3 Å². The Hall–Kier alpha value is -3.02. The van der Waals surface area contributed by atoms with Gasteiger partial charge in [0.1, 0.15) is 6.04 Å². The van der Waals surface area contributed by atoms with Gasteiger partial charge in [0, 0.05) is 27.7 Å². The number of amides is 1. The molecule has 0 radical (unpaired) electrons. The molecule has 1 amide bonds. The minimum atomic E-state index is -1.01. The average Bonchev–Trinajstić information content (AvgIpc) is 2.74. The predicted molar refractivity (Wildman–Crippen MR) is 122 cm³/mol. The minimum Gasteiger partial charge on any atom is -0.480 e. The van der Waals surface area contributed by atoms with Crippen LogP contribution in [0, 0.1) is 0 Å². The monoisotopic (exact) mass is 454 g/mol. The highest BCUT2D eigenvalue weighted by Gasteiger charge is 2.35. The molecule has 0 fully saturated rings. The molecule has 3 N–H and O–H groups in total. The lowest BCUT2D eigenvalue weighted by molar-refractivity contribution is -0.138. The molecule has 2 unspecified atom stereocenters. The van der Waals surface area contributed by atoms with Gasteiger partial charge in [0.2, 0.25) is 5.91 Å². The van der Waals surface area contributed by atoms with Crippen LogP contribution >= 0.6 is 23.2 Å². The van der Waals surface area contributed by atoms with Gasteiger partial charge in [-0.2, -0.15) is 0 Å². The molecule has 4 rings (SSSR count). The number of carbonyl (C=O) groups excluding carboxylic acids is 1. The third-order valence-electron chi connectivity index (χ3n) is 5.39. The van der Waals surface area contributed by atoms with Crippen molar-refractivity contribution in [3.05, 3.63) is 99.5 Å². The number of carboxylic acid groups (broad SMARTS) is 1. The van der Waals surface area contributed by atoms with E-state index >= 15 is 0 Å². The smallest absolute Gasteiger partial charge is 0.326 e. The minimum absolute atomic E-state index is 0.158. The molecule has 0 saturated carbocycles. The molecule has 0 aromatic heterocycles. The van der Waals surface area contributed by atoms with Crippen LogP contribution in [0.3, 0.4) is 0 Å². The van der Waals surface area contributed by atoms with E-state index in [-0.39, 0.29) is 12.3 Å². The molecule has 3 aromatic rings. The first-order chi connectivity index (χ1) is 14.9. The number of aliphatic carboxylic acids is 1. The Bertz CT molecular complexity index is 1070. The van der Waals surface area contributed by atoms with Crippen molar-refractivity contribution in [1.29, 1.82) is 0 Å². The molecular weight excluding hydrogens is 435 g/mol. The molecule has 3 aromatic carbocycles. The Morgan fingerprint density at radius 1 is 0.968 bits per heavy atom. The van der Waals surface area contributed by atoms with Crippen LogP contribution in [0.2, 0.25) is 10.0 Å². The Morgan fingerprint density at radius 3 is 2.10 bits per heavy atom. The van der Waals surface area contributed by atoms with Crippen LogP contribution in [0.25, 0.3) is 0 Å². The number of anilines is 1. The van der Waals surface area contributed by atoms with Crippen molar-refractivity contribution >= 4 is 40.8 Å². The van der Waals surface area contributed by atoms with Crippen molar-refractivity contribution < 1.29 is 14.7 Å². The van der Waals surface area contributed by atoms with Crippen molar-refractivity contribution in [1.82, 2.24) is 5.32 Å². The number of hydrogen-bond donors (Lipinski definition) is 3. The molecule has 31 heavy (non-hydrogen) atoms. The Kier molecular flexibility index (Phi) is 6.16. The molecule has 2 atom stereocenters. The van der Waals surface area contributed by atoms with Crippen LogP contribution < -0.4 is 10.6 Å². The molecular formula is C24H20Cl2N2O3.